The van der Waals surface area contributed by atoms with Crippen LogP contribution in [0.15, 0.2) is 30.6 Å². The third-order valence-corrected chi connectivity index (χ3v) is 3.92. The molecule has 1 heterocycles. The predicted octanol–water partition coefficient (Wildman–Crippen LogP) is 5.46. The summed E-state index contributed by atoms with van der Waals surface area (Å²) in [7, 11) is 0. The summed E-state index contributed by atoms with van der Waals surface area (Å²) in [6.45, 7) is 4.58. The Kier molecular flexibility index (Phi) is 9.40. The van der Waals surface area contributed by atoms with Crippen molar-refractivity contribution in [2.75, 3.05) is 0 Å². The molecule has 1 nitrogen and oxygen atoms in total. The van der Waals surface area contributed by atoms with Crippen LogP contribution in [-0.2, 0) is 0 Å². The lowest BCUT2D eigenvalue weighted by Crippen LogP contribution is -2.38. The SMILES string of the molecule is CCCCCCCCCC(CCC)[n+]1ccccc1. The molecule has 0 N–H and O–H groups in total. The maximum Gasteiger partial charge on any atom is 0.169 e. The van der Waals surface area contributed by atoms with Gasteiger partial charge < -0.3 is 0 Å². The van der Waals surface area contributed by atoms with Gasteiger partial charge in [0.25, 0.3) is 0 Å². The molecule has 1 aromatic rings. The van der Waals surface area contributed by atoms with Gasteiger partial charge in [0, 0.05) is 25.0 Å². The fraction of sp³-hybridized carbons (Fsp3) is 0.722. The van der Waals surface area contributed by atoms with Gasteiger partial charge in [-0.15, -0.1) is 0 Å². The summed E-state index contributed by atoms with van der Waals surface area (Å²) in [5.74, 6) is 0. The molecule has 0 saturated heterocycles. The Bertz CT molecular complexity index is 294. The number of pyridine rings is 1. The van der Waals surface area contributed by atoms with Gasteiger partial charge in [0.1, 0.15) is 0 Å². The minimum atomic E-state index is 0.710. The van der Waals surface area contributed by atoms with E-state index in [1.165, 1.54) is 64.2 Å². The van der Waals surface area contributed by atoms with Crippen LogP contribution < -0.4 is 4.57 Å². The third kappa shape index (κ3) is 7.34. The second-order valence-corrected chi connectivity index (χ2v) is 5.68. The molecule has 0 spiro atoms. The van der Waals surface area contributed by atoms with Crippen molar-refractivity contribution < 1.29 is 4.57 Å². The van der Waals surface area contributed by atoms with Crippen molar-refractivity contribution >= 4 is 0 Å². The lowest BCUT2D eigenvalue weighted by Gasteiger charge is -2.11. The molecule has 0 saturated carbocycles. The van der Waals surface area contributed by atoms with Crippen molar-refractivity contribution in [1.82, 2.24) is 0 Å². The minimum Gasteiger partial charge on any atom is -0.202 e. The Morgan fingerprint density at radius 2 is 1.32 bits per heavy atom. The first kappa shape index (κ1) is 16.2. The molecule has 0 fully saturated rings. The van der Waals surface area contributed by atoms with Gasteiger partial charge in [0.15, 0.2) is 18.4 Å². The topological polar surface area (TPSA) is 3.88 Å². The molecular formula is C18H32N+. The van der Waals surface area contributed by atoms with Crippen molar-refractivity contribution in [1.29, 1.82) is 0 Å². The number of rotatable bonds is 11. The van der Waals surface area contributed by atoms with E-state index in [1.807, 2.05) is 0 Å². The zero-order valence-corrected chi connectivity index (χ0v) is 13.0. The van der Waals surface area contributed by atoms with Crippen LogP contribution in [0.3, 0.4) is 0 Å². The van der Waals surface area contributed by atoms with Gasteiger partial charge in [-0.05, 0) is 12.8 Å². The lowest BCUT2D eigenvalue weighted by molar-refractivity contribution is -0.724. The maximum atomic E-state index is 2.40. The maximum absolute atomic E-state index is 2.40. The van der Waals surface area contributed by atoms with E-state index in [4.69, 9.17) is 0 Å². The van der Waals surface area contributed by atoms with Crippen molar-refractivity contribution in [2.45, 2.75) is 84.1 Å². The second kappa shape index (κ2) is 11.0. The van der Waals surface area contributed by atoms with Crippen LogP contribution >= 0.6 is 0 Å². The van der Waals surface area contributed by atoms with Crippen LogP contribution in [0.5, 0.6) is 0 Å². The van der Waals surface area contributed by atoms with E-state index in [2.05, 4.69) is 49.0 Å². The van der Waals surface area contributed by atoms with Gasteiger partial charge in [0.05, 0.1) is 0 Å². The summed E-state index contributed by atoms with van der Waals surface area (Å²) in [4.78, 5) is 0. The summed E-state index contributed by atoms with van der Waals surface area (Å²) < 4.78 is 2.40. The second-order valence-electron chi connectivity index (χ2n) is 5.68. The van der Waals surface area contributed by atoms with Crippen LogP contribution in [0.25, 0.3) is 0 Å². The Balaban J connectivity index is 2.20. The molecule has 0 aromatic carbocycles. The molecule has 0 radical (unpaired) electrons. The zero-order valence-electron chi connectivity index (χ0n) is 13.0. The molecule has 19 heavy (non-hydrogen) atoms. The molecular weight excluding hydrogens is 230 g/mol. The van der Waals surface area contributed by atoms with Crippen LogP contribution in [0.2, 0.25) is 0 Å². The summed E-state index contributed by atoms with van der Waals surface area (Å²) >= 11 is 0. The lowest BCUT2D eigenvalue weighted by atomic mass is 10.0. The average molecular weight is 262 g/mol. The van der Waals surface area contributed by atoms with Gasteiger partial charge >= 0.3 is 0 Å². The molecule has 1 rings (SSSR count). The Hall–Kier alpha value is -0.850. The fourth-order valence-corrected chi connectivity index (χ4v) is 2.77. The quantitative estimate of drug-likeness (QED) is 0.368. The molecule has 1 atom stereocenters. The molecule has 0 amide bonds. The molecule has 1 unspecified atom stereocenters. The van der Waals surface area contributed by atoms with Crippen molar-refractivity contribution in [3.05, 3.63) is 30.6 Å². The number of aromatic nitrogens is 1. The van der Waals surface area contributed by atoms with E-state index in [9.17, 15) is 0 Å². The fourth-order valence-electron chi connectivity index (χ4n) is 2.77. The summed E-state index contributed by atoms with van der Waals surface area (Å²) in [6.07, 6.45) is 18.2. The highest BCUT2D eigenvalue weighted by molar-refractivity contribution is 4.84. The normalized spacial score (nSPS) is 12.5. The van der Waals surface area contributed by atoms with E-state index in [0.717, 1.165) is 0 Å². The summed E-state index contributed by atoms with van der Waals surface area (Å²) in [5, 5.41) is 0. The van der Waals surface area contributed by atoms with Gasteiger partial charge in [-0.2, -0.15) is 0 Å². The molecule has 0 aliphatic carbocycles. The molecule has 1 heteroatoms. The van der Waals surface area contributed by atoms with E-state index in [-0.39, 0.29) is 0 Å². The monoisotopic (exact) mass is 262 g/mol. The first-order valence-electron chi connectivity index (χ1n) is 8.34. The van der Waals surface area contributed by atoms with Crippen molar-refractivity contribution in [3.63, 3.8) is 0 Å². The predicted molar refractivity (Wildman–Crippen MR) is 83.2 cm³/mol. The smallest absolute Gasteiger partial charge is 0.169 e. The van der Waals surface area contributed by atoms with Gasteiger partial charge in [-0.3, -0.25) is 0 Å². The van der Waals surface area contributed by atoms with E-state index >= 15 is 0 Å². The van der Waals surface area contributed by atoms with Crippen LogP contribution in [0.4, 0.5) is 0 Å². The van der Waals surface area contributed by atoms with Gasteiger partial charge in [0.2, 0.25) is 0 Å². The molecule has 0 aliphatic rings. The minimum absolute atomic E-state index is 0.710. The highest BCUT2D eigenvalue weighted by atomic mass is 15.0. The van der Waals surface area contributed by atoms with E-state index < -0.39 is 0 Å². The third-order valence-electron chi connectivity index (χ3n) is 3.92. The molecule has 108 valence electrons. The first-order chi connectivity index (χ1) is 9.38. The number of unbranched alkanes of at least 4 members (excludes halogenated alkanes) is 6. The number of hydrogen-bond acceptors (Lipinski definition) is 0. The van der Waals surface area contributed by atoms with Crippen LogP contribution in [0, 0.1) is 0 Å². The Morgan fingerprint density at radius 1 is 0.684 bits per heavy atom. The molecule has 1 aromatic heterocycles. The highest BCUT2D eigenvalue weighted by Crippen LogP contribution is 2.16. The Morgan fingerprint density at radius 3 is 1.95 bits per heavy atom. The van der Waals surface area contributed by atoms with Crippen molar-refractivity contribution in [2.24, 2.45) is 0 Å². The molecule has 0 aliphatic heterocycles. The zero-order chi connectivity index (χ0) is 13.8. The van der Waals surface area contributed by atoms with Crippen LogP contribution in [0.1, 0.15) is 84.1 Å². The van der Waals surface area contributed by atoms with Crippen LogP contribution in [-0.4, -0.2) is 0 Å². The summed E-state index contributed by atoms with van der Waals surface area (Å²) in [5.41, 5.74) is 0. The largest absolute Gasteiger partial charge is 0.202 e. The van der Waals surface area contributed by atoms with Gasteiger partial charge in [-0.1, -0.05) is 58.4 Å². The van der Waals surface area contributed by atoms with Crippen molar-refractivity contribution in [3.8, 4) is 0 Å². The van der Waals surface area contributed by atoms with Gasteiger partial charge in [-0.25, -0.2) is 4.57 Å². The standard InChI is InChI=1S/C18H32N/c1-3-5-6-7-8-9-11-15-18(14-4-2)19-16-12-10-13-17-19/h10,12-13,16-18H,3-9,11,14-15H2,1-2H3/q+1. The highest BCUT2D eigenvalue weighted by Gasteiger charge is 2.15. The molecule has 0 bridgehead atoms. The van der Waals surface area contributed by atoms with E-state index in [0.29, 0.717) is 6.04 Å². The Labute approximate surface area is 120 Å². The average Bonchev–Trinajstić information content (AvgIpc) is 2.46. The summed E-state index contributed by atoms with van der Waals surface area (Å²) in [6, 6.07) is 7.11. The first-order valence-corrected chi connectivity index (χ1v) is 8.34. The number of nitrogens with zero attached hydrogens (tertiary/aromatic N) is 1. The van der Waals surface area contributed by atoms with E-state index in [1.54, 1.807) is 0 Å². The number of hydrogen-bond donors (Lipinski definition) is 0.